The summed E-state index contributed by atoms with van der Waals surface area (Å²) >= 11 is 0. The van der Waals surface area contributed by atoms with Gasteiger partial charge in [0, 0.05) is 6.54 Å². The Morgan fingerprint density at radius 1 is 1.26 bits per heavy atom. The van der Waals surface area contributed by atoms with E-state index in [0.717, 1.165) is 11.0 Å². The number of amides is 1. The first-order chi connectivity index (χ1) is 12.8. The normalized spacial score (nSPS) is 11.5. The van der Waals surface area contributed by atoms with Crippen molar-refractivity contribution in [3.05, 3.63) is 53.9 Å². The van der Waals surface area contributed by atoms with E-state index >= 15 is 0 Å². The van der Waals surface area contributed by atoms with Crippen molar-refractivity contribution < 1.29 is 17.9 Å². The highest BCUT2D eigenvalue weighted by molar-refractivity contribution is 7.89. The first kappa shape index (κ1) is 18.9. The number of sulfonamides is 1. The Balaban J connectivity index is 1.88. The van der Waals surface area contributed by atoms with Crippen LogP contribution >= 0.6 is 0 Å². The Hall–Kier alpha value is -2.91. The van der Waals surface area contributed by atoms with Gasteiger partial charge in [-0.2, -0.15) is 0 Å². The van der Waals surface area contributed by atoms with Gasteiger partial charge in [-0.1, -0.05) is 12.1 Å². The number of methoxy groups -OCH3 is 1. The van der Waals surface area contributed by atoms with Crippen molar-refractivity contribution in [1.82, 2.24) is 14.9 Å². The molecule has 0 aliphatic heterocycles. The van der Waals surface area contributed by atoms with Crippen molar-refractivity contribution in [2.75, 3.05) is 7.11 Å². The molecule has 0 atom stereocenters. The number of hydrogen-bond acceptors (Lipinski definition) is 5. The maximum Gasteiger partial charge on any atom is 0.255 e. The largest absolute Gasteiger partial charge is 0.496 e. The smallest absolute Gasteiger partial charge is 0.255 e. The maximum absolute atomic E-state index is 12.6. The molecule has 142 valence electrons. The molecule has 1 amide bonds. The lowest BCUT2D eigenvalue weighted by atomic mass is 10.2. The van der Waals surface area contributed by atoms with Crippen molar-refractivity contribution in [1.29, 1.82) is 0 Å². The number of carbonyl (C=O) groups excluding carboxylic acids is 1. The lowest BCUT2D eigenvalue weighted by Gasteiger charge is -2.11. The number of nitrogens with one attached hydrogen (secondary N) is 1. The summed E-state index contributed by atoms with van der Waals surface area (Å²) < 4.78 is 30.3. The SMILES string of the molecule is CCn1c(CNC(=O)c2cc(S(N)(=O)=O)ccc2OC)nc2ccccc21. The number of primary sulfonamides is 1. The molecule has 8 nitrogen and oxygen atoms in total. The summed E-state index contributed by atoms with van der Waals surface area (Å²) in [6.07, 6.45) is 0. The van der Waals surface area contributed by atoms with E-state index in [1.165, 1.54) is 25.3 Å². The van der Waals surface area contributed by atoms with Crippen LogP contribution in [0.15, 0.2) is 47.4 Å². The van der Waals surface area contributed by atoms with Gasteiger partial charge in [0.15, 0.2) is 0 Å². The van der Waals surface area contributed by atoms with E-state index in [9.17, 15) is 13.2 Å². The Labute approximate surface area is 157 Å². The van der Waals surface area contributed by atoms with Gasteiger partial charge in [-0.05, 0) is 37.3 Å². The van der Waals surface area contributed by atoms with E-state index < -0.39 is 15.9 Å². The Bertz CT molecular complexity index is 1110. The minimum Gasteiger partial charge on any atom is -0.496 e. The number of carbonyl (C=O) groups is 1. The molecule has 0 aliphatic carbocycles. The highest BCUT2D eigenvalue weighted by Crippen LogP contribution is 2.22. The zero-order valence-corrected chi connectivity index (χ0v) is 15.8. The third kappa shape index (κ3) is 3.79. The molecule has 0 spiro atoms. The summed E-state index contributed by atoms with van der Waals surface area (Å²) in [7, 11) is -2.53. The molecule has 2 aromatic carbocycles. The zero-order valence-electron chi connectivity index (χ0n) is 15.0. The minimum atomic E-state index is -3.93. The molecule has 0 unspecified atom stereocenters. The van der Waals surface area contributed by atoms with Crippen molar-refractivity contribution in [2.24, 2.45) is 5.14 Å². The summed E-state index contributed by atoms with van der Waals surface area (Å²) in [5, 5.41) is 7.92. The van der Waals surface area contributed by atoms with E-state index in [4.69, 9.17) is 9.88 Å². The van der Waals surface area contributed by atoms with E-state index in [0.29, 0.717) is 12.4 Å². The number of ether oxygens (including phenoxy) is 1. The molecule has 0 saturated carbocycles. The second kappa shape index (κ2) is 7.37. The summed E-state index contributed by atoms with van der Waals surface area (Å²) in [6.45, 7) is 2.89. The number of hydrogen-bond donors (Lipinski definition) is 2. The molecule has 3 aromatic rings. The fourth-order valence-electron chi connectivity index (χ4n) is 2.91. The van der Waals surface area contributed by atoms with Crippen LogP contribution in [0.5, 0.6) is 5.75 Å². The Kier molecular flexibility index (Phi) is 5.15. The second-order valence-electron chi connectivity index (χ2n) is 5.85. The number of nitrogens with two attached hydrogens (primary N) is 1. The van der Waals surface area contributed by atoms with Crippen molar-refractivity contribution in [3.8, 4) is 5.75 Å². The Morgan fingerprint density at radius 2 is 2.00 bits per heavy atom. The van der Waals surface area contributed by atoms with Crippen LogP contribution in [0.3, 0.4) is 0 Å². The van der Waals surface area contributed by atoms with Crippen LogP contribution in [-0.2, 0) is 23.1 Å². The molecule has 3 N–H and O–H groups in total. The molecule has 0 radical (unpaired) electrons. The molecule has 27 heavy (non-hydrogen) atoms. The summed E-state index contributed by atoms with van der Waals surface area (Å²) in [4.78, 5) is 17.0. The van der Waals surface area contributed by atoms with E-state index in [1.807, 2.05) is 35.8 Å². The van der Waals surface area contributed by atoms with Crippen LogP contribution in [-0.4, -0.2) is 31.0 Å². The van der Waals surface area contributed by atoms with Gasteiger partial charge in [-0.25, -0.2) is 18.5 Å². The molecule has 9 heteroatoms. The maximum atomic E-state index is 12.6. The number of para-hydroxylation sites is 2. The zero-order chi connectivity index (χ0) is 19.6. The summed E-state index contributed by atoms with van der Waals surface area (Å²) in [6, 6.07) is 11.6. The predicted molar refractivity (Wildman–Crippen MR) is 101 cm³/mol. The average Bonchev–Trinajstić information content (AvgIpc) is 3.02. The van der Waals surface area contributed by atoms with Crippen LogP contribution in [0.1, 0.15) is 23.1 Å². The number of rotatable bonds is 6. The Morgan fingerprint density at radius 3 is 2.67 bits per heavy atom. The fraction of sp³-hybridized carbons (Fsp3) is 0.222. The van der Waals surface area contributed by atoms with Crippen molar-refractivity contribution >= 4 is 27.0 Å². The fourth-order valence-corrected chi connectivity index (χ4v) is 3.45. The van der Waals surface area contributed by atoms with Gasteiger partial charge in [0.2, 0.25) is 10.0 Å². The quantitative estimate of drug-likeness (QED) is 0.666. The van der Waals surface area contributed by atoms with E-state index in [-0.39, 0.29) is 22.8 Å². The van der Waals surface area contributed by atoms with Gasteiger partial charge in [-0.15, -0.1) is 0 Å². The third-order valence-corrected chi connectivity index (χ3v) is 5.11. The molecule has 0 fully saturated rings. The first-order valence-corrected chi connectivity index (χ1v) is 9.83. The van der Waals surface area contributed by atoms with Crippen molar-refractivity contribution in [2.45, 2.75) is 24.9 Å². The van der Waals surface area contributed by atoms with Crippen LogP contribution in [0, 0.1) is 0 Å². The third-order valence-electron chi connectivity index (χ3n) is 4.20. The number of aryl methyl sites for hydroxylation is 1. The molecular formula is C18H20N4O4S. The first-order valence-electron chi connectivity index (χ1n) is 8.28. The van der Waals surface area contributed by atoms with Gasteiger partial charge < -0.3 is 14.6 Å². The van der Waals surface area contributed by atoms with Crippen LogP contribution in [0.4, 0.5) is 0 Å². The standard InChI is InChI=1S/C18H20N4O4S/c1-3-22-15-7-5-4-6-14(15)21-17(22)11-20-18(23)13-10-12(27(19,24)25)8-9-16(13)26-2/h4-10H,3,11H2,1-2H3,(H,20,23)(H2,19,24,25). The van der Waals surface area contributed by atoms with Crippen LogP contribution in [0.2, 0.25) is 0 Å². The number of imidazole rings is 1. The van der Waals surface area contributed by atoms with Gasteiger partial charge in [0.25, 0.3) is 5.91 Å². The molecular weight excluding hydrogens is 368 g/mol. The summed E-state index contributed by atoms with van der Waals surface area (Å²) in [5.41, 5.74) is 1.92. The number of nitrogens with zero attached hydrogens (tertiary/aromatic N) is 2. The molecule has 1 aromatic heterocycles. The summed E-state index contributed by atoms with van der Waals surface area (Å²) in [5.74, 6) is 0.476. The van der Waals surface area contributed by atoms with Gasteiger partial charge in [-0.3, -0.25) is 4.79 Å². The molecule has 1 heterocycles. The van der Waals surface area contributed by atoms with Crippen LogP contribution in [0.25, 0.3) is 11.0 Å². The monoisotopic (exact) mass is 388 g/mol. The molecule has 0 bridgehead atoms. The minimum absolute atomic E-state index is 0.0863. The highest BCUT2D eigenvalue weighted by atomic mass is 32.2. The molecule has 3 rings (SSSR count). The van der Waals surface area contributed by atoms with Crippen molar-refractivity contribution in [3.63, 3.8) is 0 Å². The number of benzene rings is 2. The molecule has 0 aliphatic rings. The van der Waals surface area contributed by atoms with Gasteiger partial charge >= 0.3 is 0 Å². The predicted octanol–water partition coefficient (Wildman–Crippen LogP) is 1.64. The molecule has 0 saturated heterocycles. The topological polar surface area (TPSA) is 116 Å². The lowest BCUT2D eigenvalue weighted by molar-refractivity contribution is 0.0946. The number of fused-ring (bicyclic) bond motifs is 1. The van der Waals surface area contributed by atoms with Crippen LogP contribution < -0.4 is 15.2 Å². The van der Waals surface area contributed by atoms with Gasteiger partial charge in [0.1, 0.15) is 11.6 Å². The lowest BCUT2D eigenvalue weighted by Crippen LogP contribution is -2.25. The second-order valence-corrected chi connectivity index (χ2v) is 7.41. The van der Waals surface area contributed by atoms with E-state index in [2.05, 4.69) is 10.3 Å². The highest BCUT2D eigenvalue weighted by Gasteiger charge is 2.18. The van der Waals surface area contributed by atoms with Gasteiger partial charge in [0.05, 0.1) is 35.1 Å². The average molecular weight is 388 g/mol. The number of aromatic nitrogens is 2. The van der Waals surface area contributed by atoms with E-state index in [1.54, 1.807) is 0 Å².